The Morgan fingerprint density at radius 2 is 1.96 bits per heavy atom. The SMILES string of the molecule is CCOCCNC(=NC)NCCOc1cccc2c1OC(C)(C)C2.I. The lowest BCUT2D eigenvalue weighted by Gasteiger charge is -2.18. The Balaban J connectivity index is 0.00000312. The van der Waals surface area contributed by atoms with Crippen molar-refractivity contribution >= 4 is 29.9 Å². The van der Waals surface area contributed by atoms with Crippen LogP contribution in [-0.2, 0) is 11.2 Å². The highest BCUT2D eigenvalue weighted by atomic mass is 127. The van der Waals surface area contributed by atoms with Crippen LogP contribution in [0.3, 0.4) is 0 Å². The molecule has 1 heterocycles. The van der Waals surface area contributed by atoms with E-state index in [0.717, 1.165) is 37.0 Å². The maximum Gasteiger partial charge on any atom is 0.191 e. The number of benzene rings is 1. The second-order valence-electron chi connectivity index (χ2n) is 6.25. The molecule has 0 bridgehead atoms. The van der Waals surface area contributed by atoms with Crippen LogP contribution >= 0.6 is 24.0 Å². The molecule has 2 rings (SSSR count). The normalized spacial score (nSPS) is 15.0. The topological polar surface area (TPSA) is 64.1 Å². The number of rotatable bonds is 8. The van der Waals surface area contributed by atoms with Crippen LogP contribution < -0.4 is 20.1 Å². The molecule has 0 unspecified atom stereocenters. The van der Waals surface area contributed by atoms with Gasteiger partial charge in [0.2, 0.25) is 0 Å². The predicted molar refractivity (Wildman–Crippen MR) is 112 cm³/mol. The van der Waals surface area contributed by atoms with E-state index in [0.29, 0.717) is 19.8 Å². The number of fused-ring (bicyclic) bond motifs is 1. The summed E-state index contributed by atoms with van der Waals surface area (Å²) in [6, 6.07) is 6.06. The molecule has 6 nitrogen and oxygen atoms in total. The van der Waals surface area contributed by atoms with Crippen LogP contribution in [0.25, 0.3) is 0 Å². The van der Waals surface area contributed by atoms with Gasteiger partial charge in [0.25, 0.3) is 0 Å². The van der Waals surface area contributed by atoms with Crippen molar-refractivity contribution in [2.24, 2.45) is 4.99 Å². The first-order valence-corrected chi connectivity index (χ1v) is 8.51. The van der Waals surface area contributed by atoms with E-state index in [4.69, 9.17) is 14.2 Å². The monoisotopic (exact) mass is 463 g/mol. The molecule has 0 amide bonds. The number of guanidine groups is 1. The van der Waals surface area contributed by atoms with Gasteiger partial charge in [0.15, 0.2) is 17.5 Å². The summed E-state index contributed by atoms with van der Waals surface area (Å²) < 4.78 is 17.2. The average Bonchev–Trinajstić information content (AvgIpc) is 2.88. The number of nitrogens with zero attached hydrogens (tertiary/aromatic N) is 1. The fourth-order valence-electron chi connectivity index (χ4n) is 2.64. The number of ether oxygens (including phenoxy) is 3. The second kappa shape index (κ2) is 10.7. The van der Waals surface area contributed by atoms with E-state index in [1.54, 1.807) is 7.05 Å². The van der Waals surface area contributed by atoms with Crippen molar-refractivity contribution < 1.29 is 14.2 Å². The lowest BCUT2D eigenvalue weighted by molar-refractivity contribution is 0.132. The predicted octanol–water partition coefficient (Wildman–Crippen LogP) is 2.60. The fourth-order valence-corrected chi connectivity index (χ4v) is 2.64. The maximum atomic E-state index is 6.01. The molecule has 25 heavy (non-hydrogen) atoms. The van der Waals surface area contributed by atoms with E-state index < -0.39 is 0 Å². The molecule has 1 aliphatic rings. The number of hydrogen-bond acceptors (Lipinski definition) is 4. The molecule has 0 radical (unpaired) electrons. The van der Waals surface area contributed by atoms with Crippen LogP contribution in [0.4, 0.5) is 0 Å². The highest BCUT2D eigenvalue weighted by Gasteiger charge is 2.32. The van der Waals surface area contributed by atoms with Crippen molar-refractivity contribution in [2.45, 2.75) is 32.8 Å². The first-order chi connectivity index (χ1) is 11.6. The van der Waals surface area contributed by atoms with Gasteiger partial charge in [-0.2, -0.15) is 0 Å². The first-order valence-electron chi connectivity index (χ1n) is 8.51. The minimum Gasteiger partial charge on any atom is -0.488 e. The van der Waals surface area contributed by atoms with Crippen molar-refractivity contribution in [1.29, 1.82) is 0 Å². The molecular weight excluding hydrogens is 433 g/mol. The van der Waals surface area contributed by atoms with Gasteiger partial charge in [0.05, 0.1) is 13.2 Å². The van der Waals surface area contributed by atoms with Crippen molar-refractivity contribution in [3.63, 3.8) is 0 Å². The Morgan fingerprint density at radius 3 is 2.64 bits per heavy atom. The lowest BCUT2D eigenvalue weighted by Crippen LogP contribution is -2.40. The number of aliphatic imine (C=N–C) groups is 1. The van der Waals surface area contributed by atoms with Crippen molar-refractivity contribution in [2.75, 3.05) is 40.0 Å². The van der Waals surface area contributed by atoms with Crippen LogP contribution in [0.5, 0.6) is 11.5 Å². The molecule has 142 valence electrons. The van der Waals surface area contributed by atoms with Gasteiger partial charge >= 0.3 is 0 Å². The van der Waals surface area contributed by atoms with Crippen molar-refractivity contribution in [3.8, 4) is 11.5 Å². The molecule has 1 aromatic rings. The summed E-state index contributed by atoms with van der Waals surface area (Å²) in [4.78, 5) is 4.17. The number of halogens is 1. The van der Waals surface area contributed by atoms with E-state index in [2.05, 4.69) is 35.5 Å². The third-order valence-corrected chi connectivity index (χ3v) is 3.67. The van der Waals surface area contributed by atoms with Crippen molar-refractivity contribution in [1.82, 2.24) is 10.6 Å². The Labute approximate surface area is 167 Å². The van der Waals surface area contributed by atoms with Crippen LogP contribution in [0.2, 0.25) is 0 Å². The largest absolute Gasteiger partial charge is 0.488 e. The summed E-state index contributed by atoms with van der Waals surface area (Å²) in [6.07, 6.45) is 0.911. The quantitative estimate of drug-likeness (QED) is 0.269. The van der Waals surface area contributed by atoms with Gasteiger partial charge in [0.1, 0.15) is 12.2 Å². The number of para-hydroxylation sites is 1. The highest BCUT2D eigenvalue weighted by Crippen LogP contribution is 2.41. The van der Waals surface area contributed by atoms with Crippen LogP contribution in [0.1, 0.15) is 26.3 Å². The molecule has 0 saturated carbocycles. The molecule has 7 heteroatoms. The van der Waals surface area contributed by atoms with Crippen LogP contribution in [0.15, 0.2) is 23.2 Å². The number of hydrogen-bond donors (Lipinski definition) is 2. The third kappa shape index (κ3) is 6.89. The van der Waals surface area contributed by atoms with Gasteiger partial charge in [-0.15, -0.1) is 24.0 Å². The standard InChI is InChI=1S/C18H29N3O3.HI/c1-5-22-11-9-20-17(19-4)21-10-12-23-15-8-6-7-14-13-18(2,3)24-16(14)15;/h6-8H,5,9-13H2,1-4H3,(H2,19,20,21);1H. The molecule has 0 aliphatic carbocycles. The Kier molecular flexibility index (Phi) is 9.34. The molecule has 0 spiro atoms. The third-order valence-electron chi connectivity index (χ3n) is 3.67. The molecule has 0 atom stereocenters. The summed E-state index contributed by atoms with van der Waals surface area (Å²) >= 11 is 0. The van der Waals surface area contributed by atoms with E-state index in [1.807, 2.05) is 19.1 Å². The van der Waals surface area contributed by atoms with E-state index in [1.165, 1.54) is 5.56 Å². The van der Waals surface area contributed by atoms with Gasteiger partial charge in [0, 0.05) is 32.2 Å². The summed E-state index contributed by atoms with van der Waals surface area (Å²) in [5, 5.41) is 6.41. The molecule has 0 saturated heterocycles. The molecule has 1 aromatic carbocycles. The lowest BCUT2D eigenvalue weighted by atomic mass is 10.0. The zero-order valence-electron chi connectivity index (χ0n) is 15.6. The van der Waals surface area contributed by atoms with E-state index in [-0.39, 0.29) is 29.6 Å². The minimum absolute atomic E-state index is 0. The molecular formula is C18H30IN3O3. The first kappa shape index (κ1) is 21.8. The van der Waals surface area contributed by atoms with Gasteiger partial charge in [-0.3, -0.25) is 4.99 Å². The van der Waals surface area contributed by atoms with Gasteiger partial charge < -0.3 is 24.8 Å². The van der Waals surface area contributed by atoms with E-state index in [9.17, 15) is 0 Å². The van der Waals surface area contributed by atoms with Crippen molar-refractivity contribution in [3.05, 3.63) is 23.8 Å². The average molecular weight is 463 g/mol. The Morgan fingerprint density at radius 1 is 1.24 bits per heavy atom. The molecule has 0 fully saturated rings. The number of nitrogens with one attached hydrogen (secondary N) is 2. The molecule has 2 N–H and O–H groups in total. The summed E-state index contributed by atoms with van der Waals surface area (Å²) in [5.74, 6) is 2.43. The highest BCUT2D eigenvalue weighted by molar-refractivity contribution is 14.0. The van der Waals surface area contributed by atoms with E-state index >= 15 is 0 Å². The minimum atomic E-state index is -0.160. The Hall–Kier alpha value is -1.22. The molecule has 1 aliphatic heterocycles. The van der Waals surface area contributed by atoms with Crippen LogP contribution in [0, 0.1) is 0 Å². The second-order valence-corrected chi connectivity index (χ2v) is 6.25. The summed E-state index contributed by atoms with van der Waals surface area (Å²) in [6.45, 7) is 9.47. The summed E-state index contributed by atoms with van der Waals surface area (Å²) in [5.41, 5.74) is 1.05. The zero-order valence-corrected chi connectivity index (χ0v) is 17.9. The maximum absolute atomic E-state index is 6.01. The fraction of sp³-hybridized carbons (Fsp3) is 0.611. The molecule has 0 aromatic heterocycles. The summed E-state index contributed by atoms with van der Waals surface area (Å²) in [7, 11) is 1.75. The van der Waals surface area contributed by atoms with Crippen LogP contribution in [-0.4, -0.2) is 51.5 Å². The smallest absolute Gasteiger partial charge is 0.191 e. The van der Waals surface area contributed by atoms with Gasteiger partial charge in [-0.25, -0.2) is 0 Å². The van der Waals surface area contributed by atoms with Gasteiger partial charge in [-0.05, 0) is 26.8 Å². The Bertz CT molecular complexity index is 564. The van der Waals surface area contributed by atoms with Gasteiger partial charge in [-0.1, -0.05) is 12.1 Å². The zero-order chi connectivity index (χ0) is 17.4.